The molecular weight excluding hydrogens is 222 g/mol. The first-order chi connectivity index (χ1) is 8.81. The first-order valence-corrected chi connectivity index (χ1v) is 6.62. The van der Waals surface area contributed by atoms with Crippen LogP contribution in [0.4, 0.5) is 5.69 Å². The normalized spacial score (nSPS) is 34.1. The summed E-state index contributed by atoms with van der Waals surface area (Å²) in [6.07, 6.45) is 9.35. The van der Waals surface area contributed by atoms with Crippen LogP contribution in [0.3, 0.4) is 0 Å². The highest BCUT2D eigenvalue weighted by Crippen LogP contribution is 2.45. The molecule has 1 amide bonds. The number of allylic oxidation sites excluding steroid dienone is 3. The molecule has 1 heterocycles. The van der Waals surface area contributed by atoms with Gasteiger partial charge in [-0.3, -0.25) is 4.79 Å². The first kappa shape index (κ1) is 10.1. The van der Waals surface area contributed by atoms with Crippen LogP contribution in [-0.4, -0.2) is 5.91 Å². The lowest BCUT2D eigenvalue weighted by Crippen LogP contribution is -2.08. The number of anilines is 1. The third-order valence-corrected chi connectivity index (χ3v) is 4.42. The highest BCUT2D eigenvalue weighted by atomic mass is 16.2. The molecule has 1 fully saturated rings. The summed E-state index contributed by atoms with van der Waals surface area (Å²) in [7, 11) is 0. The number of rotatable bonds is 1. The van der Waals surface area contributed by atoms with E-state index in [1.54, 1.807) is 0 Å². The molecule has 0 aromatic heterocycles. The molecule has 0 spiro atoms. The molecule has 90 valence electrons. The zero-order valence-electron chi connectivity index (χ0n) is 10.1. The number of benzene rings is 1. The molecule has 3 aliphatic rings. The molecule has 18 heavy (non-hydrogen) atoms. The number of carbonyl (C=O) groups is 1. The molecule has 2 nitrogen and oxygen atoms in total. The summed E-state index contributed by atoms with van der Waals surface area (Å²) in [5, 5.41) is 2.94. The topological polar surface area (TPSA) is 29.1 Å². The van der Waals surface area contributed by atoms with E-state index in [-0.39, 0.29) is 5.91 Å². The smallest absolute Gasteiger partial charge is 0.256 e. The van der Waals surface area contributed by atoms with Gasteiger partial charge in [-0.05, 0) is 36.7 Å². The van der Waals surface area contributed by atoms with Gasteiger partial charge in [-0.25, -0.2) is 0 Å². The van der Waals surface area contributed by atoms with Crippen LogP contribution in [0.15, 0.2) is 42.5 Å². The molecule has 4 rings (SSSR count). The molecule has 3 unspecified atom stereocenters. The number of hydrogen-bond acceptors (Lipinski definition) is 1. The van der Waals surface area contributed by atoms with Crippen molar-refractivity contribution in [3.63, 3.8) is 0 Å². The third-order valence-electron chi connectivity index (χ3n) is 4.42. The highest BCUT2D eigenvalue weighted by Gasteiger charge is 2.36. The Morgan fingerprint density at radius 2 is 2.06 bits per heavy atom. The molecule has 1 saturated carbocycles. The van der Waals surface area contributed by atoms with Crippen molar-refractivity contribution in [3.05, 3.63) is 48.1 Å². The number of carbonyl (C=O) groups excluding carboxylic acids is 1. The van der Waals surface area contributed by atoms with E-state index in [4.69, 9.17) is 0 Å². The summed E-state index contributed by atoms with van der Waals surface area (Å²) < 4.78 is 0. The maximum atomic E-state index is 12.0. The summed E-state index contributed by atoms with van der Waals surface area (Å²) in [6.45, 7) is 0. The summed E-state index contributed by atoms with van der Waals surface area (Å²) in [6, 6.07) is 7.95. The molecule has 2 bridgehead atoms. The molecule has 1 aromatic carbocycles. The highest BCUT2D eigenvalue weighted by molar-refractivity contribution is 6.31. The summed E-state index contributed by atoms with van der Waals surface area (Å²) >= 11 is 0. The van der Waals surface area contributed by atoms with Crippen LogP contribution in [0.1, 0.15) is 18.4 Å². The van der Waals surface area contributed by atoms with E-state index < -0.39 is 0 Å². The van der Waals surface area contributed by atoms with E-state index in [1.807, 2.05) is 24.3 Å². The van der Waals surface area contributed by atoms with E-state index in [9.17, 15) is 4.79 Å². The van der Waals surface area contributed by atoms with E-state index in [2.05, 4.69) is 23.5 Å². The van der Waals surface area contributed by atoms with Gasteiger partial charge in [0.25, 0.3) is 5.91 Å². The minimum absolute atomic E-state index is 0.0583. The van der Waals surface area contributed by atoms with E-state index in [0.717, 1.165) is 22.7 Å². The van der Waals surface area contributed by atoms with Gasteiger partial charge in [0.15, 0.2) is 0 Å². The van der Waals surface area contributed by atoms with Gasteiger partial charge in [0.05, 0.1) is 0 Å². The standard InChI is InChI=1S/C16H15NO/c18-16-14(13-3-1-2-4-15(13)17-16)9-12-8-10-5-6-11(12)7-10/h1-6,9-12H,7-8H2,(H,17,18)/b14-9+. The predicted octanol–water partition coefficient (Wildman–Crippen LogP) is 3.23. The van der Waals surface area contributed by atoms with E-state index >= 15 is 0 Å². The summed E-state index contributed by atoms with van der Waals surface area (Å²) in [5.41, 5.74) is 2.89. The van der Waals surface area contributed by atoms with Crippen LogP contribution >= 0.6 is 0 Å². The minimum atomic E-state index is 0.0583. The van der Waals surface area contributed by atoms with Crippen molar-refractivity contribution in [1.29, 1.82) is 0 Å². The fraction of sp³-hybridized carbons (Fsp3) is 0.312. The third kappa shape index (κ3) is 1.38. The molecule has 0 saturated heterocycles. The molecular formula is C16H15NO. The van der Waals surface area contributed by atoms with Crippen LogP contribution in [0.2, 0.25) is 0 Å². The fourth-order valence-corrected chi connectivity index (χ4v) is 3.53. The lowest BCUT2D eigenvalue weighted by molar-refractivity contribution is -0.110. The average Bonchev–Trinajstić information content (AvgIpc) is 3.05. The molecule has 1 N–H and O–H groups in total. The Bertz CT molecular complexity index is 585. The predicted molar refractivity (Wildman–Crippen MR) is 71.9 cm³/mol. The van der Waals surface area contributed by atoms with Gasteiger partial charge in [-0.15, -0.1) is 0 Å². The fourth-order valence-electron chi connectivity index (χ4n) is 3.53. The molecule has 0 radical (unpaired) electrons. The Labute approximate surface area is 106 Å². The second-order valence-electron chi connectivity index (χ2n) is 5.52. The number of hydrogen-bond donors (Lipinski definition) is 1. The SMILES string of the molecule is O=C1Nc2ccccc2/C1=C\C1CC2C=CC1C2. The summed E-state index contributed by atoms with van der Waals surface area (Å²) in [5.74, 6) is 2.01. The zero-order chi connectivity index (χ0) is 12.1. The van der Waals surface area contributed by atoms with E-state index in [0.29, 0.717) is 11.8 Å². The van der Waals surface area contributed by atoms with Gasteiger partial charge in [0.2, 0.25) is 0 Å². The Hall–Kier alpha value is -1.83. The van der Waals surface area contributed by atoms with Crippen LogP contribution in [0.5, 0.6) is 0 Å². The van der Waals surface area contributed by atoms with Gasteiger partial charge in [-0.2, -0.15) is 0 Å². The Morgan fingerprint density at radius 1 is 1.17 bits per heavy atom. The molecule has 3 atom stereocenters. The van der Waals surface area contributed by atoms with Crippen LogP contribution in [-0.2, 0) is 4.79 Å². The Morgan fingerprint density at radius 3 is 2.83 bits per heavy atom. The van der Waals surface area contributed by atoms with Crippen molar-refractivity contribution in [1.82, 2.24) is 0 Å². The van der Waals surface area contributed by atoms with Crippen LogP contribution in [0, 0.1) is 17.8 Å². The zero-order valence-corrected chi connectivity index (χ0v) is 10.1. The number of para-hydroxylation sites is 1. The Balaban J connectivity index is 1.73. The maximum absolute atomic E-state index is 12.0. The van der Waals surface area contributed by atoms with Gasteiger partial charge in [0.1, 0.15) is 0 Å². The molecule has 2 aliphatic carbocycles. The molecule has 1 aliphatic heterocycles. The number of amides is 1. The van der Waals surface area contributed by atoms with Crippen LogP contribution < -0.4 is 5.32 Å². The van der Waals surface area contributed by atoms with Gasteiger partial charge < -0.3 is 5.32 Å². The van der Waals surface area contributed by atoms with E-state index in [1.165, 1.54) is 12.8 Å². The van der Waals surface area contributed by atoms with Crippen LogP contribution in [0.25, 0.3) is 5.57 Å². The quantitative estimate of drug-likeness (QED) is 0.589. The second kappa shape index (κ2) is 3.58. The largest absolute Gasteiger partial charge is 0.321 e. The minimum Gasteiger partial charge on any atom is -0.321 e. The van der Waals surface area contributed by atoms with Gasteiger partial charge in [-0.1, -0.05) is 36.4 Å². The summed E-state index contributed by atoms with van der Waals surface area (Å²) in [4.78, 5) is 12.0. The monoisotopic (exact) mass is 237 g/mol. The van der Waals surface area contributed by atoms with Crippen molar-refractivity contribution in [2.75, 3.05) is 5.32 Å². The number of fused-ring (bicyclic) bond motifs is 3. The lowest BCUT2D eigenvalue weighted by Gasteiger charge is -2.14. The van der Waals surface area contributed by atoms with Gasteiger partial charge in [0, 0.05) is 16.8 Å². The average molecular weight is 237 g/mol. The van der Waals surface area contributed by atoms with Crippen molar-refractivity contribution in [2.45, 2.75) is 12.8 Å². The Kier molecular flexibility index (Phi) is 2.01. The molecule has 2 heteroatoms. The van der Waals surface area contributed by atoms with Crippen molar-refractivity contribution >= 4 is 17.2 Å². The van der Waals surface area contributed by atoms with Gasteiger partial charge >= 0.3 is 0 Å². The van der Waals surface area contributed by atoms with Crippen molar-refractivity contribution in [3.8, 4) is 0 Å². The molecule has 1 aromatic rings. The number of nitrogens with one attached hydrogen (secondary N) is 1. The second-order valence-corrected chi connectivity index (χ2v) is 5.52. The first-order valence-electron chi connectivity index (χ1n) is 6.62. The lowest BCUT2D eigenvalue weighted by atomic mass is 9.90. The van der Waals surface area contributed by atoms with Crippen molar-refractivity contribution < 1.29 is 4.79 Å². The van der Waals surface area contributed by atoms with Crippen molar-refractivity contribution in [2.24, 2.45) is 17.8 Å². The maximum Gasteiger partial charge on any atom is 0.256 e.